The second-order valence-electron chi connectivity index (χ2n) is 4.13. The van der Waals surface area contributed by atoms with E-state index in [0.717, 1.165) is 12.0 Å². The van der Waals surface area contributed by atoms with Crippen LogP contribution in [0.3, 0.4) is 0 Å². The van der Waals surface area contributed by atoms with E-state index in [9.17, 15) is 0 Å². The van der Waals surface area contributed by atoms with E-state index in [0.29, 0.717) is 0 Å². The third-order valence-corrected chi connectivity index (χ3v) is 2.44. The van der Waals surface area contributed by atoms with Crippen LogP contribution in [0.15, 0.2) is 29.5 Å². The lowest BCUT2D eigenvalue weighted by Gasteiger charge is -1.96. The average molecular weight is 216 g/mol. The molecule has 0 aromatic carbocycles. The minimum atomic E-state index is 1.08. The molecule has 0 aliphatic rings. The molecular weight excluding hydrogens is 192 g/mol. The van der Waals surface area contributed by atoms with Crippen molar-refractivity contribution < 1.29 is 0 Å². The molecule has 0 nitrogen and oxygen atoms in total. The van der Waals surface area contributed by atoms with Crippen molar-refractivity contribution in [1.82, 2.24) is 0 Å². The highest BCUT2D eigenvalue weighted by Crippen LogP contribution is 2.06. The monoisotopic (exact) mass is 216 g/mol. The number of rotatable bonds is 8. The van der Waals surface area contributed by atoms with Crippen molar-refractivity contribution in [3.05, 3.63) is 29.5 Å². The van der Waals surface area contributed by atoms with Crippen molar-refractivity contribution in [1.29, 1.82) is 0 Å². The highest BCUT2D eigenvalue weighted by atomic mass is 13.9. The summed E-state index contributed by atoms with van der Waals surface area (Å²) in [5.41, 5.74) is 4.24. The number of terminal acetylenes is 1. The zero-order chi connectivity index (χ0) is 12.1. The first kappa shape index (κ1) is 14.8. The summed E-state index contributed by atoms with van der Waals surface area (Å²) in [6.07, 6.45) is 20.2. The molecule has 0 saturated heterocycles. The van der Waals surface area contributed by atoms with Crippen LogP contribution >= 0.6 is 0 Å². The quantitative estimate of drug-likeness (QED) is 0.231. The summed E-state index contributed by atoms with van der Waals surface area (Å²) in [6, 6.07) is 0. The molecular formula is C16H24. The zero-order valence-corrected chi connectivity index (χ0v) is 10.8. The van der Waals surface area contributed by atoms with Gasteiger partial charge in [-0.2, -0.15) is 0 Å². The second-order valence-corrected chi connectivity index (χ2v) is 4.13. The Bertz CT molecular complexity index is 280. The van der Waals surface area contributed by atoms with E-state index in [2.05, 4.69) is 24.7 Å². The molecule has 0 aromatic heterocycles. The molecule has 0 bridgehead atoms. The molecule has 0 heteroatoms. The maximum Gasteiger partial charge on any atom is -0.00861 e. The van der Waals surface area contributed by atoms with Crippen LogP contribution in [0.4, 0.5) is 0 Å². The van der Waals surface area contributed by atoms with Crippen molar-refractivity contribution in [3.8, 4) is 12.3 Å². The van der Waals surface area contributed by atoms with Crippen LogP contribution in [-0.4, -0.2) is 0 Å². The fourth-order valence-electron chi connectivity index (χ4n) is 1.47. The summed E-state index contributed by atoms with van der Waals surface area (Å²) >= 11 is 0. The molecule has 0 aromatic rings. The van der Waals surface area contributed by atoms with Crippen molar-refractivity contribution in [2.75, 3.05) is 0 Å². The van der Waals surface area contributed by atoms with E-state index in [1.165, 1.54) is 38.5 Å². The van der Waals surface area contributed by atoms with E-state index < -0.39 is 0 Å². The Morgan fingerprint density at radius 3 is 2.50 bits per heavy atom. The first-order valence-electron chi connectivity index (χ1n) is 6.35. The number of unbranched alkanes of at least 4 members (excludes halogenated alkanes) is 6. The Balaban J connectivity index is 3.48. The summed E-state index contributed by atoms with van der Waals surface area (Å²) in [4.78, 5) is 0. The van der Waals surface area contributed by atoms with Gasteiger partial charge in [-0.1, -0.05) is 44.9 Å². The van der Waals surface area contributed by atoms with E-state index >= 15 is 0 Å². The lowest BCUT2D eigenvalue weighted by Crippen LogP contribution is -1.77. The maximum absolute atomic E-state index is 5.15. The normalized spacial score (nSPS) is 10.4. The molecule has 0 spiro atoms. The lowest BCUT2D eigenvalue weighted by atomic mass is 10.1. The predicted octanol–water partition coefficient (Wildman–Crippen LogP) is 5.03. The molecule has 0 radical (unpaired) electrons. The summed E-state index contributed by atoms with van der Waals surface area (Å²) in [5, 5.41) is 0. The summed E-state index contributed by atoms with van der Waals surface area (Å²) in [6.45, 7) is 4.24. The Morgan fingerprint density at radius 2 is 1.81 bits per heavy atom. The molecule has 0 unspecified atom stereocenters. The Kier molecular flexibility index (Phi) is 11.0. The van der Waals surface area contributed by atoms with Gasteiger partial charge in [0.25, 0.3) is 0 Å². The van der Waals surface area contributed by atoms with E-state index in [4.69, 9.17) is 6.42 Å². The predicted molar refractivity (Wildman–Crippen MR) is 73.2 cm³/mol. The number of hydrogen-bond acceptors (Lipinski definition) is 0. The summed E-state index contributed by atoms with van der Waals surface area (Å²) < 4.78 is 0. The molecule has 0 aliphatic carbocycles. The van der Waals surface area contributed by atoms with Gasteiger partial charge in [-0.25, -0.2) is 0 Å². The number of hydrogen-bond donors (Lipinski definition) is 0. The lowest BCUT2D eigenvalue weighted by molar-refractivity contribution is 0.611. The molecule has 0 fully saturated rings. The molecule has 0 aliphatic heterocycles. The van der Waals surface area contributed by atoms with E-state index in [-0.39, 0.29) is 0 Å². The van der Waals surface area contributed by atoms with Gasteiger partial charge in [-0.05, 0) is 43.6 Å². The third kappa shape index (κ3) is 10.9. The Labute approximate surface area is 101 Å². The minimum Gasteiger partial charge on any atom is -0.125 e. The number of allylic oxidation sites excluding steroid dienone is 3. The van der Waals surface area contributed by atoms with Gasteiger partial charge in [0.15, 0.2) is 0 Å². The second kappa shape index (κ2) is 11.9. The molecule has 16 heavy (non-hydrogen) atoms. The molecule has 0 rings (SSSR count). The first-order valence-corrected chi connectivity index (χ1v) is 6.35. The van der Waals surface area contributed by atoms with E-state index in [1.807, 2.05) is 13.0 Å². The molecule has 0 heterocycles. The van der Waals surface area contributed by atoms with Crippen molar-refractivity contribution in [3.63, 3.8) is 0 Å². The minimum absolute atomic E-state index is 1.08. The van der Waals surface area contributed by atoms with Crippen LogP contribution in [0, 0.1) is 12.3 Å². The zero-order valence-electron chi connectivity index (χ0n) is 10.8. The Morgan fingerprint density at radius 1 is 1.12 bits per heavy atom. The highest BCUT2D eigenvalue weighted by molar-refractivity contribution is 5.24. The van der Waals surface area contributed by atoms with Crippen LogP contribution in [-0.2, 0) is 0 Å². The summed E-state index contributed by atoms with van der Waals surface area (Å²) in [5.74, 6) is 2.50. The SMILES string of the molecule is C#C/C=C(/C)C=C=CCCCCCCCC. The van der Waals surface area contributed by atoms with Gasteiger partial charge >= 0.3 is 0 Å². The maximum atomic E-state index is 5.15. The van der Waals surface area contributed by atoms with Crippen molar-refractivity contribution in [2.24, 2.45) is 0 Å². The average Bonchev–Trinajstić information content (AvgIpc) is 2.27. The molecule has 0 amide bonds. The first-order chi connectivity index (χ1) is 7.81. The van der Waals surface area contributed by atoms with E-state index in [1.54, 1.807) is 6.08 Å². The fourth-order valence-corrected chi connectivity index (χ4v) is 1.47. The van der Waals surface area contributed by atoms with Crippen LogP contribution in [0.2, 0.25) is 0 Å². The fraction of sp³-hybridized carbons (Fsp3) is 0.562. The van der Waals surface area contributed by atoms with Gasteiger partial charge in [-0.15, -0.1) is 12.2 Å². The van der Waals surface area contributed by atoms with Gasteiger partial charge in [0, 0.05) is 0 Å². The molecule has 88 valence electrons. The highest BCUT2D eigenvalue weighted by Gasteiger charge is 1.87. The van der Waals surface area contributed by atoms with Crippen LogP contribution in [0.5, 0.6) is 0 Å². The van der Waals surface area contributed by atoms with Gasteiger partial charge in [0.2, 0.25) is 0 Å². The van der Waals surface area contributed by atoms with Crippen molar-refractivity contribution >= 4 is 0 Å². The Hall–Kier alpha value is -1.18. The van der Waals surface area contributed by atoms with Crippen LogP contribution < -0.4 is 0 Å². The summed E-state index contributed by atoms with van der Waals surface area (Å²) in [7, 11) is 0. The van der Waals surface area contributed by atoms with Gasteiger partial charge in [0.1, 0.15) is 0 Å². The smallest absolute Gasteiger partial charge is 0.00861 e. The van der Waals surface area contributed by atoms with Crippen LogP contribution in [0.25, 0.3) is 0 Å². The van der Waals surface area contributed by atoms with Crippen molar-refractivity contribution in [2.45, 2.75) is 58.8 Å². The molecule has 0 N–H and O–H groups in total. The topological polar surface area (TPSA) is 0 Å². The van der Waals surface area contributed by atoms with Gasteiger partial charge < -0.3 is 0 Å². The molecule has 0 atom stereocenters. The van der Waals surface area contributed by atoms with Gasteiger partial charge in [-0.3, -0.25) is 0 Å². The van der Waals surface area contributed by atoms with Crippen LogP contribution in [0.1, 0.15) is 58.8 Å². The molecule has 0 saturated carbocycles. The standard InChI is InChI=1S/C16H24/c1-4-6-7-8-9-10-11-12-13-15-16(3)14-5-2/h2,12,14-15H,4,6-11H2,1,3H3/b16-14-. The third-order valence-electron chi connectivity index (χ3n) is 2.44. The largest absolute Gasteiger partial charge is 0.125 e. The van der Waals surface area contributed by atoms with Gasteiger partial charge in [0.05, 0.1) is 0 Å².